The highest BCUT2D eigenvalue weighted by Gasteiger charge is 2.43. The van der Waals surface area contributed by atoms with Gasteiger partial charge in [-0.25, -0.2) is 0 Å². The van der Waals surface area contributed by atoms with Crippen molar-refractivity contribution in [2.24, 2.45) is 0 Å². The number of benzene rings is 5. The summed E-state index contributed by atoms with van der Waals surface area (Å²) in [6.45, 7) is 4.29. The normalized spacial score (nSPS) is 11.6. The molecule has 0 unspecified atom stereocenters. The van der Waals surface area contributed by atoms with Crippen molar-refractivity contribution >= 4 is 11.4 Å². The van der Waals surface area contributed by atoms with Gasteiger partial charge in [-0.3, -0.25) is 0 Å². The van der Waals surface area contributed by atoms with Gasteiger partial charge in [0.15, 0.2) is 0 Å². The zero-order valence-electron chi connectivity index (χ0n) is 22.7. The maximum absolute atomic E-state index is 7.54. The summed E-state index contributed by atoms with van der Waals surface area (Å²) in [4.78, 5) is 0. The highest BCUT2D eigenvalue weighted by molar-refractivity contribution is 5.76. The van der Waals surface area contributed by atoms with Gasteiger partial charge in [-0.05, 0) is 52.3 Å². The second-order valence-corrected chi connectivity index (χ2v) is 9.83. The summed E-state index contributed by atoms with van der Waals surface area (Å²) in [5.41, 5.74) is 21.2. The standard InChI is InChI=1S/C36H36N2O/c1-3-26-25-32(34(38)33(37)31(26)4-2)36(29-21-13-7-14-22-29,30-23-15-8-16-24-30)39-35(27-17-9-5-10-18-27)28-19-11-6-12-20-28/h5-25,35H,3-4,37-38H2,1-2H3. The van der Waals surface area contributed by atoms with Crippen molar-refractivity contribution in [2.75, 3.05) is 11.5 Å². The molecule has 0 fully saturated rings. The number of aryl methyl sites for hydroxylation is 1. The molecule has 39 heavy (non-hydrogen) atoms. The van der Waals surface area contributed by atoms with Crippen LogP contribution < -0.4 is 11.5 Å². The van der Waals surface area contributed by atoms with Crippen molar-refractivity contribution in [1.82, 2.24) is 0 Å². The Morgan fingerprint density at radius 1 is 0.590 bits per heavy atom. The highest BCUT2D eigenvalue weighted by Crippen LogP contribution is 2.49. The molecule has 0 spiro atoms. The fourth-order valence-electron chi connectivity index (χ4n) is 5.63. The van der Waals surface area contributed by atoms with Crippen molar-refractivity contribution in [1.29, 1.82) is 0 Å². The molecular weight excluding hydrogens is 476 g/mol. The van der Waals surface area contributed by atoms with Crippen LogP contribution in [-0.4, -0.2) is 0 Å². The second kappa shape index (κ2) is 11.6. The number of hydrogen-bond acceptors (Lipinski definition) is 3. The van der Waals surface area contributed by atoms with Crippen molar-refractivity contribution in [2.45, 2.75) is 38.4 Å². The van der Waals surface area contributed by atoms with E-state index in [9.17, 15) is 0 Å². The Balaban J connectivity index is 1.88. The first-order valence-electron chi connectivity index (χ1n) is 13.7. The van der Waals surface area contributed by atoms with E-state index < -0.39 is 5.60 Å². The predicted octanol–water partition coefficient (Wildman–Crippen LogP) is 8.07. The van der Waals surface area contributed by atoms with Crippen molar-refractivity contribution in [3.8, 4) is 0 Å². The van der Waals surface area contributed by atoms with E-state index in [0.29, 0.717) is 11.4 Å². The molecule has 0 saturated carbocycles. The molecule has 0 aromatic heterocycles. The first kappa shape index (κ1) is 26.3. The van der Waals surface area contributed by atoms with Gasteiger partial charge in [0.1, 0.15) is 11.7 Å². The third-order valence-corrected chi connectivity index (χ3v) is 7.59. The van der Waals surface area contributed by atoms with Gasteiger partial charge in [-0.15, -0.1) is 0 Å². The zero-order valence-corrected chi connectivity index (χ0v) is 22.7. The van der Waals surface area contributed by atoms with Gasteiger partial charge >= 0.3 is 0 Å². The molecule has 5 rings (SSSR count). The fourth-order valence-corrected chi connectivity index (χ4v) is 5.63. The maximum Gasteiger partial charge on any atom is 0.147 e. The Kier molecular flexibility index (Phi) is 7.81. The minimum atomic E-state index is -1.03. The van der Waals surface area contributed by atoms with E-state index in [4.69, 9.17) is 16.2 Å². The fraction of sp³-hybridized carbons (Fsp3) is 0.167. The maximum atomic E-state index is 7.54. The molecule has 3 heteroatoms. The summed E-state index contributed by atoms with van der Waals surface area (Å²) in [6.07, 6.45) is 1.30. The number of nitrogens with two attached hydrogens (primary N) is 2. The molecule has 0 aliphatic rings. The molecular formula is C36H36N2O. The summed E-state index contributed by atoms with van der Waals surface area (Å²) in [5, 5.41) is 0. The van der Waals surface area contributed by atoms with Gasteiger partial charge in [0.25, 0.3) is 0 Å². The lowest BCUT2D eigenvalue weighted by atomic mass is 9.77. The van der Waals surface area contributed by atoms with Gasteiger partial charge in [0.05, 0.1) is 11.4 Å². The minimum Gasteiger partial charge on any atom is -0.397 e. The van der Waals surface area contributed by atoms with E-state index in [1.165, 1.54) is 5.56 Å². The molecule has 0 bridgehead atoms. The average Bonchev–Trinajstić information content (AvgIpc) is 3.01. The third-order valence-electron chi connectivity index (χ3n) is 7.59. The van der Waals surface area contributed by atoms with Crippen LogP contribution in [0.3, 0.4) is 0 Å². The van der Waals surface area contributed by atoms with Crippen LogP contribution in [0, 0.1) is 0 Å². The van der Waals surface area contributed by atoms with Gasteiger partial charge in [-0.1, -0.05) is 135 Å². The molecule has 0 saturated heterocycles. The first-order chi connectivity index (χ1) is 19.1. The molecule has 5 aromatic carbocycles. The summed E-state index contributed by atoms with van der Waals surface area (Å²) in [6, 6.07) is 43.7. The smallest absolute Gasteiger partial charge is 0.147 e. The highest BCUT2D eigenvalue weighted by atomic mass is 16.5. The summed E-state index contributed by atoms with van der Waals surface area (Å²) >= 11 is 0. The monoisotopic (exact) mass is 512 g/mol. The van der Waals surface area contributed by atoms with Gasteiger partial charge in [-0.2, -0.15) is 0 Å². The van der Waals surface area contributed by atoms with Crippen molar-refractivity contribution < 1.29 is 4.74 Å². The van der Waals surface area contributed by atoms with Crippen LogP contribution in [0.2, 0.25) is 0 Å². The lowest BCUT2D eigenvalue weighted by molar-refractivity contribution is -0.0291. The summed E-state index contributed by atoms with van der Waals surface area (Å²) in [5.74, 6) is 0. The molecule has 5 aromatic rings. The molecule has 0 radical (unpaired) electrons. The Morgan fingerprint density at radius 3 is 1.44 bits per heavy atom. The number of anilines is 2. The second-order valence-electron chi connectivity index (χ2n) is 9.83. The molecule has 4 N–H and O–H groups in total. The Hall–Kier alpha value is -4.34. The Bertz CT molecular complexity index is 1420. The van der Waals surface area contributed by atoms with E-state index in [0.717, 1.165) is 46.2 Å². The molecule has 0 heterocycles. The molecule has 3 nitrogen and oxygen atoms in total. The summed E-state index contributed by atoms with van der Waals surface area (Å²) in [7, 11) is 0. The third kappa shape index (κ3) is 4.94. The van der Waals surface area contributed by atoms with E-state index >= 15 is 0 Å². The number of nitrogen functional groups attached to an aromatic ring is 2. The van der Waals surface area contributed by atoms with Crippen LogP contribution >= 0.6 is 0 Å². The van der Waals surface area contributed by atoms with Crippen LogP contribution in [0.25, 0.3) is 0 Å². The lowest BCUT2D eigenvalue weighted by Crippen LogP contribution is -2.36. The molecule has 196 valence electrons. The number of hydrogen-bond donors (Lipinski definition) is 2. The van der Waals surface area contributed by atoms with E-state index in [-0.39, 0.29) is 6.10 Å². The number of ether oxygens (including phenoxy) is 1. The largest absolute Gasteiger partial charge is 0.397 e. The van der Waals surface area contributed by atoms with E-state index in [1.807, 2.05) is 24.3 Å². The number of rotatable bonds is 9. The molecule has 0 aliphatic heterocycles. The molecule has 0 aliphatic carbocycles. The Labute approximate surface area is 232 Å². The topological polar surface area (TPSA) is 61.3 Å². The predicted molar refractivity (Wildman–Crippen MR) is 163 cm³/mol. The molecule has 0 amide bonds. The quantitative estimate of drug-likeness (QED) is 0.155. The van der Waals surface area contributed by atoms with Gasteiger partial charge in [0.2, 0.25) is 0 Å². The minimum absolute atomic E-state index is 0.371. The van der Waals surface area contributed by atoms with Crippen molar-refractivity contribution in [3.05, 3.63) is 166 Å². The van der Waals surface area contributed by atoms with Crippen LogP contribution in [-0.2, 0) is 23.2 Å². The van der Waals surface area contributed by atoms with E-state index in [1.54, 1.807) is 0 Å². The SMILES string of the molecule is CCc1cc(C(OC(c2ccccc2)c2ccccc2)(c2ccccc2)c2ccccc2)c(N)c(N)c1CC. The first-order valence-corrected chi connectivity index (χ1v) is 13.7. The van der Waals surface area contributed by atoms with Crippen LogP contribution in [0.15, 0.2) is 127 Å². The zero-order chi connectivity index (χ0) is 27.2. The molecule has 0 atom stereocenters. The van der Waals surface area contributed by atoms with E-state index in [2.05, 4.69) is 117 Å². The average molecular weight is 513 g/mol. The van der Waals surface area contributed by atoms with Gasteiger partial charge < -0.3 is 16.2 Å². The van der Waals surface area contributed by atoms with Crippen molar-refractivity contribution in [3.63, 3.8) is 0 Å². The summed E-state index contributed by atoms with van der Waals surface area (Å²) < 4.78 is 7.54. The Morgan fingerprint density at radius 2 is 1.03 bits per heavy atom. The van der Waals surface area contributed by atoms with Crippen LogP contribution in [0.5, 0.6) is 0 Å². The van der Waals surface area contributed by atoms with Crippen LogP contribution in [0.1, 0.15) is 58.9 Å². The van der Waals surface area contributed by atoms with Crippen LogP contribution in [0.4, 0.5) is 11.4 Å². The lowest BCUT2D eigenvalue weighted by Gasteiger charge is -2.40. The van der Waals surface area contributed by atoms with Gasteiger partial charge in [0, 0.05) is 5.56 Å².